The van der Waals surface area contributed by atoms with Crippen LogP contribution in [0.3, 0.4) is 0 Å². The fourth-order valence-electron chi connectivity index (χ4n) is 3.42. The summed E-state index contributed by atoms with van der Waals surface area (Å²) < 4.78 is 6.36. The standard InChI is InChI=1S/C19H20N4O4S/c1-11-4-5-13-14(7-11)28-17-16(13)18(25)23(10-21-17)9-15(24)22-19(26)20-8-12-3-2-6-27-12/h2-3,6,10-11H,4-5,7-9H2,1H3,(H2,20,22,24,26)/t11-/m1/s1. The van der Waals surface area contributed by atoms with Crippen LogP contribution in [0.1, 0.15) is 29.5 Å². The van der Waals surface area contributed by atoms with E-state index < -0.39 is 11.9 Å². The number of amides is 3. The maximum Gasteiger partial charge on any atom is 0.321 e. The van der Waals surface area contributed by atoms with Gasteiger partial charge in [-0.15, -0.1) is 11.3 Å². The maximum absolute atomic E-state index is 12.9. The second-order valence-electron chi connectivity index (χ2n) is 7.02. The predicted molar refractivity (Wildman–Crippen MR) is 104 cm³/mol. The summed E-state index contributed by atoms with van der Waals surface area (Å²) in [6, 6.07) is 2.77. The summed E-state index contributed by atoms with van der Waals surface area (Å²) in [5.74, 6) is 0.594. The van der Waals surface area contributed by atoms with Crippen LogP contribution in [0.15, 0.2) is 33.9 Å². The predicted octanol–water partition coefficient (Wildman–Crippen LogP) is 2.20. The zero-order chi connectivity index (χ0) is 19.7. The number of hydrogen-bond donors (Lipinski definition) is 2. The number of urea groups is 1. The number of aryl methyl sites for hydroxylation is 1. The maximum atomic E-state index is 12.9. The third-order valence-corrected chi connectivity index (χ3v) is 6.01. The van der Waals surface area contributed by atoms with E-state index >= 15 is 0 Å². The van der Waals surface area contributed by atoms with E-state index in [-0.39, 0.29) is 18.6 Å². The average molecular weight is 400 g/mol. The van der Waals surface area contributed by atoms with Gasteiger partial charge in [0.05, 0.1) is 24.5 Å². The second kappa shape index (κ2) is 7.59. The summed E-state index contributed by atoms with van der Waals surface area (Å²) in [7, 11) is 0. The van der Waals surface area contributed by atoms with Gasteiger partial charge in [-0.1, -0.05) is 6.92 Å². The highest BCUT2D eigenvalue weighted by Gasteiger charge is 2.23. The molecular formula is C19H20N4O4S. The number of thiophene rings is 1. The number of furan rings is 1. The molecule has 3 heterocycles. The second-order valence-corrected chi connectivity index (χ2v) is 8.10. The van der Waals surface area contributed by atoms with E-state index in [9.17, 15) is 14.4 Å². The molecule has 1 atom stereocenters. The molecule has 3 amide bonds. The Balaban J connectivity index is 1.45. The number of nitrogens with zero attached hydrogens (tertiary/aromatic N) is 2. The number of hydrogen-bond acceptors (Lipinski definition) is 6. The molecule has 0 fully saturated rings. The minimum absolute atomic E-state index is 0.166. The van der Waals surface area contributed by atoms with Gasteiger partial charge in [0.1, 0.15) is 17.1 Å². The number of nitrogens with one attached hydrogen (secondary N) is 2. The summed E-state index contributed by atoms with van der Waals surface area (Å²) in [4.78, 5) is 43.2. The van der Waals surface area contributed by atoms with Crippen molar-refractivity contribution in [3.63, 3.8) is 0 Å². The Morgan fingerprint density at radius 3 is 3.07 bits per heavy atom. The van der Waals surface area contributed by atoms with Crippen molar-refractivity contribution in [3.05, 3.63) is 51.3 Å². The Labute approximate surface area is 164 Å². The van der Waals surface area contributed by atoms with Crippen LogP contribution in [-0.2, 0) is 30.7 Å². The molecule has 3 aromatic heterocycles. The van der Waals surface area contributed by atoms with Crippen molar-refractivity contribution in [2.45, 2.75) is 39.3 Å². The third kappa shape index (κ3) is 3.70. The molecule has 0 radical (unpaired) electrons. The Morgan fingerprint density at radius 1 is 1.43 bits per heavy atom. The van der Waals surface area contributed by atoms with E-state index in [0.29, 0.717) is 17.1 Å². The first-order valence-corrected chi connectivity index (χ1v) is 9.92. The smallest absolute Gasteiger partial charge is 0.321 e. The van der Waals surface area contributed by atoms with Crippen LogP contribution in [-0.4, -0.2) is 21.5 Å². The van der Waals surface area contributed by atoms with E-state index in [1.54, 1.807) is 23.5 Å². The van der Waals surface area contributed by atoms with Crippen LogP contribution < -0.4 is 16.2 Å². The number of fused-ring (bicyclic) bond motifs is 3. The van der Waals surface area contributed by atoms with Gasteiger partial charge >= 0.3 is 6.03 Å². The number of aromatic nitrogens is 2. The van der Waals surface area contributed by atoms with Gasteiger partial charge in [-0.25, -0.2) is 9.78 Å². The van der Waals surface area contributed by atoms with Gasteiger partial charge in [-0.3, -0.25) is 19.5 Å². The zero-order valence-electron chi connectivity index (χ0n) is 15.4. The average Bonchev–Trinajstić information content (AvgIpc) is 3.29. The van der Waals surface area contributed by atoms with E-state index in [2.05, 4.69) is 22.5 Å². The van der Waals surface area contributed by atoms with Gasteiger partial charge in [0, 0.05) is 4.88 Å². The lowest BCUT2D eigenvalue weighted by atomic mass is 9.89. The van der Waals surface area contributed by atoms with E-state index in [4.69, 9.17) is 4.42 Å². The number of imide groups is 1. The van der Waals surface area contributed by atoms with Crippen LogP contribution in [0.4, 0.5) is 4.79 Å². The summed E-state index contributed by atoms with van der Waals surface area (Å²) in [5.41, 5.74) is 0.838. The van der Waals surface area contributed by atoms with Crippen molar-refractivity contribution in [2.24, 2.45) is 5.92 Å². The van der Waals surface area contributed by atoms with Gasteiger partial charge in [0.2, 0.25) is 5.91 Å². The third-order valence-electron chi connectivity index (χ3n) is 4.85. The minimum Gasteiger partial charge on any atom is -0.467 e. The molecule has 0 unspecified atom stereocenters. The Morgan fingerprint density at radius 2 is 2.29 bits per heavy atom. The quantitative estimate of drug-likeness (QED) is 0.698. The van der Waals surface area contributed by atoms with Crippen molar-refractivity contribution in [3.8, 4) is 0 Å². The fourth-order valence-corrected chi connectivity index (χ4v) is 4.77. The van der Waals surface area contributed by atoms with Crippen LogP contribution in [0, 0.1) is 5.92 Å². The van der Waals surface area contributed by atoms with Crippen LogP contribution in [0.2, 0.25) is 0 Å². The molecule has 0 aromatic carbocycles. The summed E-state index contributed by atoms with van der Waals surface area (Å²) >= 11 is 1.56. The first-order chi connectivity index (χ1) is 13.5. The lowest BCUT2D eigenvalue weighted by Crippen LogP contribution is -2.41. The van der Waals surface area contributed by atoms with Gasteiger partial charge < -0.3 is 9.73 Å². The molecule has 1 aliphatic carbocycles. The van der Waals surface area contributed by atoms with Crippen LogP contribution in [0.25, 0.3) is 10.2 Å². The molecule has 146 valence electrons. The van der Waals surface area contributed by atoms with E-state index in [0.717, 1.165) is 29.7 Å². The lowest BCUT2D eigenvalue weighted by molar-refractivity contribution is -0.120. The highest BCUT2D eigenvalue weighted by molar-refractivity contribution is 7.18. The molecule has 2 N–H and O–H groups in total. The SMILES string of the molecule is C[C@@H]1CCc2c(sc3ncn(CC(=O)NC(=O)NCc4ccco4)c(=O)c23)C1. The van der Waals surface area contributed by atoms with Crippen molar-refractivity contribution >= 4 is 33.5 Å². The molecular weight excluding hydrogens is 380 g/mol. The van der Waals surface area contributed by atoms with Gasteiger partial charge in [-0.2, -0.15) is 0 Å². The van der Waals surface area contributed by atoms with Gasteiger partial charge in [-0.05, 0) is 42.9 Å². The number of carbonyl (C=O) groups excluding carboxylic acids is 2. The lowest BCUT2D eigenvalue weighted by Gasteiger charge is -2.17. The van der Waals surface area contributed by atoms with Crippen molar-refractivity contribution in [2.75, 3.05) is 0 Å². The minimum atomic E-state index is -0.648. The highest BCUT2D eigenvalue weighted by atomic mass is 32.1. The number of carbonyl (C=O) groups is 2. The fraction of sp³-hybridized carbons (Fsp3) is 0.368. The summed E-state index contributed by atoms with van der Waals surface area (Å²) in [6.07, 6.45) is 5.74. The highest BCUT2D eigenvalue weighted by Crippen LogP contribution is 2.35. The molecule has 4 rings (SSSR count). The molecule has 8 nitrogen and oxygen atoms in total. The van der Waals surface area contributed by atoms with Crippen LogP contribution >= 0.6 is 11.3 Å². The Hall–Kier alpha value is -2.94. The first-order valence-electron chi connectivity index (χ1n) is 9.11. The Kier molecular flexibility index (Phi) is 4.99. The van der Waals surface area contributed by atoms with Gasteiger partial charge in [0.15, 0.2) is 0 Å². The molecule has 0 bridgehead atoms. The first kappa shape index (κ1) is 18.4. The molecule has 9 heteroatoms. The molecule has 0 saturated heterocycles. The molecule has 1 aliphatic rings. The zero-order valence-corrected chi connectivity index (χ0v) is 16.2. The van der Waals surface area contributed by atoms with Crippen molar-refractivity contribution in [1.82, 2.24) is 20.2 Å². The Bertz CT molecular complexity index is 1080. The largest absolute Gasteiger partial charge is 0.467 e. The van der Waals surface area contributed by atoms with E-state index in [1.165, 1.54) is 22.0 Å². The molecule has 0 saturated carbocycles. The molecule has 0 aliphatic heterocycles. The molecule has 28 heavy (non-hydrogen) atoms. The van der Waals surface area contributed by atoms with Crippen molar-refractivity contribution in [1.29, 1.82) is 0 Å². The van der Waals surface area contributed by atoms with Gasteiger partial charge in [0.25, 0.3) is 5.56 Å². The topological polar surface area (TPSA) is 106 Å². The van der Waals surface area contributed by atoms with E-state index in [1.807, 2.05) is 0 Å². The normalized spacial score (nSPS) is 16.0. The summed E-state index contributed by atoms with van der Waals surface area (Å²) in [5, 5.41) is 5.35. The van der Waals surface area contributed by atoms with Crippen LogP contribution in [0.5, 0.6) is 0 Å². The number of rotatable bonds is 4. The summed E-state index contributed by atoms with van der Waals surface area (Å²) in [6.45, 7) is 2.11. The monoisotopic (exact) mass is 400 g/mol. The van der Waals surface area contributed by atoms with Crippen molar-refractivity contribution < 1.29 is 14.0 Å². The molecule has 3 aromatic rings. The molecule has 0 spiro atoms.